The molecule has 0 saturated carbocycles. The minimum absolute atomic E-state index is 0.834. The van der Waals surface area contributed by atoms with E-state index < -0.39 is 0 Å². The number of hydrogen-bond acceptors (Lipinski definition) is 3. The van der Waals surface area contributed by atoms with E-state index in [9.17, 15) is 0 Å². The Balaban J connectivity index is 2.47. The van der Waals surface area contributed by atoms with Gasteiger partial charge in [-0.15, -0.1) is 0 Å². The van der Waals surface area contributed by atoms with Crippen LogP contribution in [-0.4, -0.2) is 21.3 Å². The summed E-state index contributed by atoms with van der Waals surface area (Å²) in [4.78, 5) is 4.72. The molecule has 0 atom stereocenters. The van der Waals surface area contributed by atoms with Gasteiger partial charge in [-0.1, -0.05) is 6.92 Å². The maximum atomic E-state index is 4.72. The Kier molecular flexibility index (Phi) is 4.55. The van der Waals surface area contributed by atoms with Gasteiger partial charge in [-0.05, 0) is 58.4 Å². The molecule has 0 aliphatic carbocycles. The number of nitrogens with one attached hydrogen (secondary N) is 1. The monoisotopic (exact) mass is 272 g/mol. The maximum absolute atomic E-state index is 4.72. The number of nitrogens with zero attached hydrogens (tertiary/aromatic N) is 3. The summed E-state index contributed by atoms with van der Waals surface area (Å²) in [5.74, 6) is 0.955. The van der Waals surface area contributed by atoms with Gasteiger partial charge < -0.3 is 5.32 Å². The molecule has 4 nitrogen and oxygen atoms in total. The van der Waals surface area contributed by atoms with E-state index >= 15 is 0 Å². The van der Waals surface area contributed by atoms with Crippen molar-refractivity contribution in [1.82, 2.24) is 20.1 Å². The Hall–Kier alpha value is -1.68. The van der Waals surface area contributed by atoms with Gasteiger partial charge in [0.05, 0.1) is 5.69 Å². The van der Waals surface area contributed by atoms with Crippen molar-refractivity contribution in [2.45, 2.75) is 47.6 Å². The fraction of sp³-hybridized carbons (Fsp3) is 0.500. The third-order valence-corrected chi connectivity index (χ3v) is 3.39. The summed E-state index contributed by atoms with van der Waals surface area (Å²) in [6.45, 7) is 12.3. The predicted octanol–water partition coefficient (Wildman–Crippen LogP) is 3.00. The molecule has 0 aromatic carbocycles. The molecule has 0 aliphatic rings. The highest BCUT2D eigenvalue weighted by molar-refractivity contribution is 5.42. The highest BCUT2D eigenvalue weighted by atomic mass is 15.3. The molecule has 0 fully saturated rings. The molecule has 20 heavy (non-hydrogen) atoms. The Morgan fingerprint density at radius 1 is 1.10 bits per heavy atom. The van der Waals surface area contributed by atoms with E-state index in [-0.39, 0.29) is 0 Å². The first-order valence-corrected chi connectivity index (χ1v) is 7.24. The number of aromatic nitrogens is 3. The number of pyridine rings is 1. The molecule has 2 aromatic heterocycles. The van der Waals surface area contributed by atoms with Gasteiger partial charge in [0, 0.05) is 23.5 Å². The quantitative estimate of drug-likeness (QED) is 0.851. The van der Waals surface area contributed by atoms with Crippen LogP contribution in [0.15, 0.2) is 12.1 Å². The fourth-order valence-corrected chi connectivity index (χ4v) is 2.47. The van der Waals surface area contributed by atoms with Gasteiger partial charge in [0.2, 0.25) is 0 Å². The average Bonchev–Trinajstić information content (AvgIpc) is 2.70. The smallest absolute Gasteiger partial charge is 0.158 e. The first-order chi connectivity index (χ1) is 9.52. The Bertz CT molecular complexity index is 599. The van der Waals surface area contributed by atoms with Gasteiger partial charge in [0.25, 0.3) is 0 Å². The summed E-state index contributed by atoms with van der Waals surface area (Å²) < 4.78 is 1.96. The first-order valence-electron chi connectivity index (χ1n) is 7.24. The minimum Gasteiger partial charge on any atom is -0.313 e. The zero-order valence-electron chi connectivity index (χ0n) is 13.1. The van der Waals surface area contributed by atoms with Crippen LogP contribution in [0.1, 0.15) is 41.6 Å². The summed E-state index contributed by atoms with van der Waals surface area (Å²) in [7, 11) is 0. The second-order valence-electron chi connectivity index (χ2n) is 5.40. The van der Waals surface area contributed by atoms with E-state index in [1.165, 1.54) is 11.1 Å². The zero-order valence-corrected chi connectivity index (χ0v) is 13.1. The topological polar surface area (TPSA) is 42.7 Å². The maximum Gasteiger partial charge on any atom is 0.158 e. The highest BCUT2D eigenvalue weighted by Gasteiger charge is 2.13. The lowest BCUT2D eigenvalue weighted by molar-refractivity contribution is 0.661. The van der Waals surface area contributed by atoms with Crippen LogP contribution < -0.4 is 5.32 Å². The third kappa shape index (κ3) is 3.07. The first kappa shape index (κ1) is 14.7. The van der Waals surface area contributed by atoms with Crippen LogP contribution in [0.4, 0.5) is 0 Å². The third-order valence-electron chi connectivity index (χ3n) is 3.39. The van der Waals surface area contributed by atoms with Crippen molar-refractivity contribution >= 4 is 0 Å². The summed E-state index contributed by atoms with van der Waals surface area (Å²) in [5.41, 5.74) is 5.68. The molecule has 2 rings (SSSR count). The van der Waals surface area contributed by atoms with Crippen LogP contribution in [0.3, 0.4) is 0 Å². The predicted molar refractivity (Wildman–Crippen MR) is 82.3 cm³/mol. The summed E-state index contributed by atoms with van der Waals surface area (Å²) in [5, 5.41) is 8.04. The lowest BCUT2D eigenvalue weighted by Crippen LogP contribution is -2.18. The Labute approximate surface area is 121 Å². The summed E-state index contributed by atoms with van der Waals surface area (Å²) >= 11 is 0. The molecule has 0 unspecified atom stereocenters. The normalized spacial score (nSPS) is 11.1. The van der Waals surface area contributed by atoms with Crippen LogP contribution in [0, 0.1) is 27.7 Å². The fourth-order valence-electron chi connectivity index (χ4n) is 2.47. The molecule has 0 aliphatic heterocycles. The van der Waals surface area contributed by atoms with Crippen LogP contribution >= 0.6 is 0 Å². The lowest BCUT2D eigenvalue weighted by Gasteiger charge is -2.15. The molecule has 0 saturated heterocycles. The molecule has 1 N–H and O–H groups in total. The van der Waals surface area contributed by atoms with E-state index in [2.05, 4.69) is 43.3 Å². The molecular weight excluding hydrogens is 248 g/mol. The van der Waals surface area contributed by atoms with Gasteiger partial charge in [-0.2, -0.15) is 5.10 Å². The molecule has 0 bridgehead atoms. The van der Waals surface area contributed by atoms with E-state index in [1.54, 1.807) is 0 Å². The van der Waals surface area contributed by atoms with Gasteiger partial charge >= 0.3 is 0 Å². The second kappa shape index (κ2) is 6.18. The van der Waals surface area contributed by atoms with Crippen molar-refractivity contribution in [3.05, 3.63) is 40.3 Å². The molecule has 0 amide bonds. The standard InChI is InChI=1S/C16H24N4/c1-6-7-17-10-15-11(2)8-12(3)18-16(15)20-14(5)9-13(4)19-20/h8-9,17H,6-7,10H2,1-5H3. The summed E-state index contributed by atoms with van der Waals surface area (Å²) in [6.07, 6.45) is 1.13. The van der Waals surface area contributed by atoms with Crippen molar-refractivity contribution in [2.75, 3.05) is 6.54 Å². The molecule has 2 heterocycles. The van der Waals surface area contributed by atoms with Crippen molar-refractivity contribution in [2.24, 2.45) is 0 Å². The number of aryl methyl sites for hydroxylation is 4. The van der Waals surface area contributed by atoms with Gasteiger partial charge in [-0.3, -0.25) is 0 Å². The van der Waals surface area contributed by atoms with Gasteiger partial charge in [0.1, 0.15) is 0 Å². The molecule has 4 heteroatoms. The van der Waals surface area contributed by atoms with E-state index in [1.807, 2.05) is 18.5 Å². The van der Waals surface area contributed by atoms with Crippen LogP contribution in [0.5, 0.6) is 0 Å². The second-order valence-corrected chi connectivity index (χ2v) is 5.40. The Morgan fingerprint density at radius 3 is 2.45 bits per heavy atom. The molecule has 0 radical (unpaired) electrons. The Morgan fingerprint density at radius 2 is 1.85 bits per heavy atom. The van der Waals surface area contributed by atoms with E-state index in [4.69, 9.17) is 4.98 Å². The van der Waals surface area contributed by atoms with E-state index in [0.717, 1.165) is 42.4 Å². The zero-order chi connectivity index (χ0) is 14.7. The number of rotatable bonds is 5. The highest BCUT2D eigenvalue weighted by Crippen LogP contribution is 2.19. The SMILES string of the molecule is CCCNCc1c(C)cc(C)nc1-n1nc(C)cc1C. The van der Waals surface area contributed by atoms with Crippen molar-refractivity contribution < 1.29 is 0 Å². The van der Waals surface area contributed by atoms with E-state index in [0.29, 0.717) is 0 Å². The summed E-state index contributed by atoms with van der Waals surface area (Å²) in [6, 6.07) is 4.22. The molecule has 2 aromatic rings. The van der Waals surface area contributed by atoms with Crippen molar-refractivity contribution in [3.8, 4) is 5.82 Å². The lowest BCUT2D eigenvalue weighted by atomic mass is 10.1. The minimum atomic E-state index is 0.834. The van der Waals surface area contributed by atoms with Crippen molar-refractivity contribution in [1.29, 1.82) is 0 Å². The van der Waals surface area contributed by atoms with Crippen LogP contribution in [-0.2, 0) is 6.54 Å². The molecular formula is C16H24N4. The molecule has 108 valence electrons. The molecule has 0 spiro atoms. The largest absolute Gasteiger partial charge is 0.313 e. The number of hydrogen-bond donors (Lipinski definition) is 1. The van der Waals surface area contributed by atoms with Gasteiger partial charge in [0.15, 0.2) is 5.82 Å². The van der Waals surface area contributed by atoms with Gasteiger partial charge in [-0.25, -0.2) is 9.67 Å². The average molecular weight is 272 g/mol. The van der Waals surface area contributed by atoms with Crippen LogP contribution in [0.2, 0.25) is 0 Å². The van der Waals surface area contributed by atoms with Crippen molar-refractivity contribution in [3.63, 3.8) is 0 Å². The van der Waals surface area contributed by atoms with Crippen LogP contribution in [0.25, 0.3) is 5.82 Å².